The fourth-order valence-corrected chi connectivity index (χ4v) is 1.40. The van der Waals surface area contributed by atoms with Crippen LogP contribution in [0.2, 0.25) is 0 Å². The minimum atomic E-state index is -4.52. The molecule has 0 aliphatic carbocycles. The van der Waals surface area contributed by atoms with Crippen LogP contribution in [0.25, 0.3) is 0 Å². The molecule has 0 bridgehead atoms. The first-order chi connectivity index (χ1) is 9.45. The van der Waals surface area contributed by atoms with E-state index in [1.807, 2.05) is 0 Å². The molecule has 0 unspecified atom stereocenters. The molecule has 0 atom stereocenters. The minimum absolute atomic E-state index is 0.0965. The van der Waals surface area contributed by atoms with Gasteiger partial charge in [0.1, 0.15) is 5.75 Å². The van der Waals surface area contributed by atoms with E-state index >= 15 is 0 Å². The molecule has 1 heterocycles. The van der Waals surface area contributed by atoms with Gasteiger partial charge in [-0.05, 0) is 18.2 Å². The van der Waals surface area contributed by atoms with Gasteiger partial charge < -0.3 is 4.74 Å². The summed E-state index contributed by atoms with van der Waals surface area (Å²) in [5.41, 5.74) is -1.05. The van der Waals surface area contributed by atoms with E-state index in [0.717, 1.165) is 12.3 Å². The third kappa shape index (κ3) is 3.71. The average Bonchev–Trinajstić information content (AvgIpc) is 2.39. The van der Waals surface area contributed by atoms with Crippen LogP contribution in [0.4, 0.5) is 23.7 Å². The normalized spacial score (nSPS) is 10.9. The molecule has 0 aliphatic heterocycles. The van der Waals surface area contributed by atoms with Crippen LogP contribution in [0.5, 0.6) is 5.75 Å². The van der Waals surface area contributed by atoms with E-state index in [0.29, 0.717) is 6.20 Å². The van der Waals surface area contributed by atoms with Crippen molar-refractivity contribution in [1.82, 2.24) is 4.98 Å². The van der Waals surface area contributed by atoms with E-state index in [9.17, 15) is 18.0 Å². The molecule has 104 valence electrons. The number of para-hydroxylation sites is 1. The Hall–Kier alpha value is -2.57. The number of alkyl halides is 3. The topological polar surface area (TPSA) is 51.2 Å². The smallest absolute Gasteiger partial charge is 0.410 e. The average molecular weight is 282 g/mol. The van der Waals surface area contributed by atoms with Crippen LogP contribution >= 0.6 is 0 Å². The Kier molecular flexibility index (Phi) is 3.88. The summed E-state index contributed by atoms with van der Waals surface area (Å²) in [5, 5.41) is 2.18. The van der Waals surface area contributed by atoms with Gasteiger partial charge in [-0.15, -0.1) is 0 Å². The van der Waals surface area contributed by atoms with Crippen LogP contribution in [0, 0.1) is 0 Å². The van der Waals surface area contributed by atoms with Crippen LogP contribution in [0.1, 0.15) is 5.56 Å². The Morgan fingerprint density at radius 2 is 1.85 bits per heavy atom. The summed E-state index contributed by atoms with van der Waals surface area (Å²) in [6.45, 7) is 0. The summed E-state index contributed by atoms with van der Waals surface area (Å²) in [7, 11) is 0. The fraction of sp³-hybridized carbons (Fsp3) is 0.0769. The van der Waals surface area contributed by atoms with Crippen LogP contribution in [-0.2, 0) is 6.18 Å². The van der Waals surface area contributed by atoms with Crippen molar-refractivity contribution in [2.75, 3.05) is 5.32 Å². The number of carbonyl (C=O) groups is 1. The van der Waals surface area contributed by atoms with E-state index in [1.54, 1.807) is 30.3 Å². The molecule has 0 saturated heterocycles. The van der Waals surface area contributed by atoms with Gasteiger partial charge in [-0.25, -0.2) is 4.79 Å². The number of hydrogen-bond donors (Lipinski definition) is 1. The molecule has 1 N–H and O–H groups in total. The van der Waals surface area contributed by atoms with Crippen molar-refractivity contribution in [3.05, 3.63) is 54.4 Å². The number of nitrogens with one attached hydrogen (secondary N) is 1. The van der Waals surface area contributed by atoms with Gasteiger partial charge in [0.05, 0.1) is 17.4 Å². The number of carbonyl (C=O) groups excluding carboxylic acids is 1. The van der Waals surface area contributed by atoms with Crippen LogP contribution in [0.15, 0.2) is 48.8 Å². The number of pyridine rings is 1. The maximum Gasteiger partial charge on any atom is 0.417 e. The van der Waals surface area contributed by atoms with Gasteiger partial charge in [-0.2, -0.15) is 13.2 Å². The standard InChI is InChI=1S/C13H9F3N2O2/c14-13(15,16)9-6-10(8-17-7-9)18-12(19)20-11-4-2-1-3-5-11/h1-8H,(H,18,19). The number of amides is 1. The summed E-state index contributed by atoms with van der Waals surface area (Å²) in [5.74, 6) is 0.282. The minimum Gasteiger partial charge on any atom is -0.410 e. The van der Waals surface area contributed by atoms with E-state index < -0.39 is 17.8 Å². The molecule has 0 fully saturated rings. The summed E-state index contributed by atoms with van der Waals surface area (Å²) in [4.78, 5) is 14.9. The number of hydrogen-bond acceptors (Lipinski definition) is 3. The van der Waals surface area contributed by atoms with Gasteiger partial charge in [0.2, 0.25) is 0 Å². The zero-order valence-electron chi connectivity index (χ0n) is 10.0. The lowest BCUT2D eigenvalue weighted by molar-refractivity contribution is -0.137. The van der Waals surface area contributed by atoms with Crippen molar-refractivity contribution in [2.45, 2.75) is 6.18 Å². The largest absolute Gasteiger partial charge is 0.417 e. The van der Waals surface area contributed by atoms with Gasteiger partial charge >= 0.3 is 12.3 Å². The molecule has 2 rings (SSSR count). The Morgan fingerprint density at radius 3 is 2.50 bits per heavy atom. The second-order valence-corrected chi connectivity index (χ2v) is 3.79. The van der Waals surface area contributed by atoms with Crippen molar-refractivity contribution < 1.29 is 22.7 Å². The molecule has 0 spiro atoms. The van der Waals surface area contributed by atoms with Crippen molar-refractivity contribution in [2.24, 2.45) is 0 Å². The van der Waals surface area contributed by atoms with Gasteiger partial charge in [0, 0.05) is 6.20 Å². The zero-order valence-corrected chi connectivity index (χ0v) is 10.0. The predicted octanol–water partition coefficient (Wildman–Crippen LogP) is 3.71. The molecule has 7 heteroatoms. The maximum atomic E-state index is 12.5. The molecule has 4 nitrogen and oxygen atoms in total. The highest BCUT2D eigenvalue weighted by Crippen LogP contribution is 2.29. The van der Waals surface area contributed by atoms with E-state index in [4.69, 9.17) is 4.74 Å². The van der Waals surface area contributed by atoms with E-state index in [2.05, 4.69) is 10.3 Å². The molecular formula is C13H9F3N2O2. The number of halogens is 3. The Bertz CT molecular complexity index is 600. The van der Waals surface area contributed by atoms with Gasteiger partial charge in [0.25, 0.3) is 0 Å². The first-order valence-corrected chi connectivity index (χ1v) is 5.51. The van der Waals surface area contributed by atoms with Crippen molar-refractivity contribution >= 4 is 11.8 Å². The number of aromatic nitrogens is 1. The Morgan fingerprint density at radius 1 is 1.15 bits per heavy atom. The fourth-order valence-electron chi connectivity index (χ4n) is 1.40. The molecule has 0 aliphatic rings. The Balaban J connectivity index is 2.05. The molecular weight excluding hydrogens is 273 g/mol. The first-order valence-electron chi connectivity index (χ1n) is 5.51. The number of anilines is 1. The molecule has 0 saturated carbocycles. The van der Waals surface area contributed by atoms with E-state index in [1.165, 1.54) is 0 Å². The lowest BCUT2D eigenvalue weighted by atomic mass is 10.2. The predicted molar refractivity (Wildman–Crippen MR) is 65.3 cm³/mol. The maximum absolute atomic E-state index is 12.5. The van der Waals surface area contributed by atoms with E-state index in [-0.39, 0.29) is 11.4 Å². The SMILES string of the molecule is O=C(Nc1cncc(C(F)(F)F)c1)Oc1ccccc1. The molecule has 1 aromatic heterocycles. The molecule has 0 radical (unpaired) electrons. The Labute approximate surface area is 112 Å². The van der Waals surface area contributed by atoms with Gasteiger partial charge in [0.15, 0.2) is 0 Å². The molecule has 2 aromatic rings. The number of ether oxygens (including phenoxy) is 1. The number of nitrogens with zero attached hydrogens (tertiary/aromatic N) is 1. The number of rotatable bonds is 2. The second-order valence-electron chi connectivity index (χ2n) is 3.79. The third-order valence-electron chi connectivity index (χ3n) is 2.27. The summed E-state index contributed by atoms with van der Waals surface area (Å²) in [6, 6.07) is 8.93. The lowest BCUT2D eigenvalue weighted by Gasteiger charge is -2.09. The van der Waals surface area contributed by atoms with Crippen molar-refractivity contribution in [3.8, 4) is 5.75 Å². The van der Waals surface area contributed by atoms with Crippen molar-refractivity contribution in [1.29, 1.82) is 0 Å². The van der Waals surface area contributed by atoms with Crippen molar-refractivity contribution in [3.63, 3.8) is 0 Å². The summed E-state index contributed by atoms with van der Waals surface area (Å²) < 4.78 is 42.3. The monoisotopic (exact) mass is 282 g/mol. The molecule has 20 heavy (non-hydrogen) atoms. The highest BCUT2D eigenvalue weighted by Gasteiger charge is 2.31. The number of benzene rings is 1. The summed E-state index contributed by atoms with van der Waals surface area (Å²) >= 11 is 0. The zero-order chi connectivity index (χ0) is 14.6. The van der Waals surface area contributed by atoms with Crippen LogP contribution < -0.4 is 10.1 Å². The first kappa shape index (κ1) is 13.9. The third-order valence-corrected chi connectivity index (χ3v) is 2.27. The highest BCUT2D eigenvalue weighted by molar-refractivity contribution is 5.86. The second kappa shape index (κ2) is 5.60. The lowest BCUT2D eigenvalue weighted by Crippen LogP contribution is -2.17. The summed E-state index contributed by atoms with van der Waals surface area (Å²) in [6.07, 6.45) is -3.64. The van der Waals surface area contributed by atoms with Gasteiger partial charge in [-0.1, -0.05) is 18.2 Å². The molecule has 1 amide bonds. The highest BCUT2D eigenvalue weighted by atomic mass is 19.4. The van der Waals surface area contributed by atoms with Crippen LogP contribution in [0.3, 0.4) is 0 Å². The van der Waals surface area contributed by atoms with Gasteiger partial charge in [-0.3, -0.25) is 10.3 Å². The van der Waals surface area contributed by atoms with Crippen LogP contribution in [-0.4, -0.2) is 11.1 Å². The molecule has 1 aromatic carbocycles. The quantitative estimate of drug-likeness (QED) is 0.913.